The minimum absolute atomic E-state index is 0.0549. The van der Waals surface area contributed by atoms with Gasteiger partial charge in [-0.15, -0.1) is 0 Å². The van der Waals surface area contributed by atoms with E-state index in [9.17, 15) is 13.2 Å². The molecule has 2 aromatic rings. The van der Waals surface area contributed by atoms with E-state index in [-0.39, 0.29) is 10.8 Å². The largest absolute Gasteiger partial charge is 0.495 e. The third kappa shape index (κ3) is 3.21. The van der Waals surface area contributed by atoms with Crippen LogP contribution in [0.2, 0.25) is 0 Å². The Bertz CT molecular complexity index is 907. The molecule has 0 radical (unpaired) electrons. The highest BCUT2D eigenvalue weighted by Crippen LogP contribution is 2.30. The Kier molecular flexibility index (Phi) is 4.19. The molecule has 1 heterocycles. The van der Waals surface area contributed by atoms with Crippen LogP contribution in [0, 0.1) is 6.92 Å². The van der Waals surface area contributed by atoms with E-state index < -0.39 is 10.0 Å². The molecule has 0 aliphatic carbocycles. The number of nitrogens with one attached hydrogen (secondary N) is 2. The second-order valence-corrected chi connectivity index (χ2v) is 7.36. The number of anilines is 2. The van der Waals surface area contributed by atoms with Crippen molar-refractivity contribution in [3.63, 3.8) is 0 Å². The normalized spacial score (nSPS) is 13.8. The van der Waals surface area contributed by atoms with Crippen molar-refractivity contribution in [3.05, 3.63) is 47.5 Å². The Hall–Kier alpha value is -2.54. The van der Waals surface area contributed by atoms with Gasteiger partial charge in [0, 0.05) is 12.1 Å². The van der Waals surface area contributed by atoms with Crippen molar-refractivity contribution in [2.75, 3.05) is 17.1 Å². The summed E-state index contributed by atoms with van der Waals surface area (Å²) >= 11 is 0. The predicted molar refractivity (Wildman–Crippen MR) is 91.9 cm³/mol. The smallest absolute Gasteiger partial charge is 0.262 e. The maximum Gasteiger partial charge on any atom is 0.262 e. The number of hydrogen-bond donors (Lipinski definition) is 2. The summed E-state index contributed by atoms with van der Waals surface area (Å²) in [7, 11) is -2.26. The third-order valence-corrected chi connectivity index (χ3v) is 5.24. The summed E-state index contributed by atoms with van der Waals surface area (Å²) in [6, 6.07) is 9.98. The quantitative estimate of drug-likeness (QED) is 0.891. The van der Waals surface area contributed by atoms with Crippen molar-refractivity contribution in [2.24, 2.45) is 0 Å². The lowest BCUT2D eigenvalue weighted by Crippen LogP contribution is -2.20. The van der Waals surface area contributed by atoms with E-state index in [1.807, 2.05) is 13.0 Å². The minimum atomic E-state index is -3.75. The van der Waals surface area contributed by atoms with E-state index in [1.165, 1.54) is 13.2 Å². The third-order valence-electron chi connectivity index (χ3n) is 3.88. The summed E-state index contributed by atoms with van der Waals surface area (Å²) in [5, 5.41) is 2.74. The molecular formula is C17H18N2O4S. The molecule has 0 saturated heterocycles. The molecule has 7 heteroatoms. The molecule has 126 valence electrons. The van der Waals surface area contributed by atoms with Gasteiger partial charge in [-0.1, -0.05) is 6.07 Å². The average Bonchev–Trinajstić information content (AvgIpc) is 2.54. The second-order valence-electron chi connectivity index (χ2n) is 5.68. The van der Waals surface area contributed by atoms with E-state index in [0.29, 0.717) is 30.0 Å². The Morgan fingerprint density at radius 3 is 2.67 bits per heavy atom. The van der Waals surface area contributed by atoms with E-state index in [2.05, 4.69) is 10.0 Å². The lowest BCUT2D eigenvalue weighted by molar-refractivity contribution is -0.116. The van der Waals surface area contributed by atoms with Crippen LogP contribution in [0.3, 0.4) is 0 Å². The fourth-order valence-corrected chi connectivity index (χ4v) is 3.74. The first-order valence-electron chi connectivity index (χ1n) is 7.49. The first-order chi connectivity index (χ1) is 11.4. The molecule has 6 nitrogen and oxygen atoms in total. The number of hydrogen-bond acceptors (Lipinski definition) is 4. The first kappa shape index (κ1) is 16.3. The zero-order valence-corrected chi connectivity index (χ0v) is 14.2. The standard InChI is InChI=1S/C17H18N2O4S/c1-11-3-7-16(23-2)15(9-11)19-24(21,22)13-5-6-14-12(10-13)4-8-17(20)18-14/h3,5-7,9-10,19H,4,8H2,1-2H3,(H,18,20). The molecule has 0 unspecified atom stereocenters. The van der Waals surface area contributed by atoms with E-state index in [4.69, 9.17) is 4.74 Å². The molecule has 24 heavy (non-hydrogen) atoms. The van der Waals surface area contributed by atoms with Crippen LogP contribution in [0.4, 0.5) is 11.4 Å². The van der Waals surface area contributed by atoms with Crippen molar-refractivity contribution in [2.45, 2.75) is 24.7 Å². The number of rotatable bonds is 4. The van der Waals surface area contributed by atoms with Crippen LogP contribution in [0.1, 0.15) is 17.5 Å². The number of benzene rings is 2. The molecule has 0 bridgehead atoms. The number of sulfonamides is 1. The predicted octanol–water partition coefficient (Wildman–Crippen LogP) is 2.69. The number of carbonyl (C=O) groups is 1. The van der Waals surface area contributed by atoms with E-state index >= 15 is 0 Å². The summed E-state index contributed by atoms with van der Waals surface area (Å²) in [6.45, 7) is 1.87. The number of ether oxygens (including phenoxy) is 1. The van der Waals surface area contributed by atoms with Gasteiger partial charge in [0.25, 0.3) is 10.0 Å². The Labute approximate surface area is 140 Å². The highest BCUT2D eigenvalue weighted by Gasteiger charge is 2.21. The minimum Gasteiger partial charge on any atom is -0.495 e. The lowest BCUT2D eigenvalue weighted by Gasteiger charge is -2.18. The van der Waals surface area contributed by atoms with Gasteiger partial charge in [0.15, 0.2) is 0 Å². The van der Waals surface area contributed by atoms with Gasteiger partial charge in [-0.2, -0.15) is 0 Å². The molecule has 1 aliphatic rings. The Morgan fingerprint density at radius 2 is 1.92 bits per heavy atom. The SMILES string of the molecule is COc1ccc(C)cc1NS(=O)(=O)c1ccc2c(c1)CCC(=O)N2. The van der Waals surface area contributed by atoms with Gasteiger partial charge in [0.05, 0.1) is 17.7 Å². The van der Waals surface area contributed by atoms with Crippen LogP contribution >= 0.6 is 0 Å². The van der Waals surface area contributed by atoms with Crippen molar-refractivity contribution in [1.29, 1.82) is 0 Å². The fraction of sp³-hybridized carbons (Fsp3) is 0.235. The molecule has 0 spiro atoms. The zero-order chi connectivity index (χ0) is 17.3. The highest BCUT2D eigenvalue weighted by atomic mass is 32.2. The van der Waals surface area contributed by atoms with Crippen LogP contribution in [0.25, 0.3) is 0 Å². The van der Waals surface area contributed by atoms with Crippen molar-refractivity contribution >= 4 is 27.3 Å². The Balaban J connectivity index is 1.94. The van der Waals surface area contributed by atoms with E-state index in [1.54, 1.807) is 24.3 Å². The molecular weight excluding hydrogens is 328 g/mol. The van der Waals surface area contributed by atoms with Gasteiger partial charge >= 0.3 is 0 Å². The van der Waals surface area contributed by atoms with Crippen LogP contribution in [0.15, 0.2) is 41.3 Å². The van der Waals surface area contributed by atoms with Crippen molar-refractivity contribution in [3.8, 4) is 5.75 Å². The number of fused-ring (bicyclic) bond motifs is 1. The summed E-state index contributed by atoms with van der Waals surface area (Å²) in [6.07, 6.45) is 0.883. The lowest BCUT2D eigenvalue weighted by atomic mass is 10.0. The number of aryl methyl sites for hydroxylation is 2. The average molecular weight is 346 g/mol. The van der Waals surface area contributed by atoms with Gasteiger partial charge in [-0.25, -0.2) is 8.42 Å². The first-order valence-corrected chi connectivity index (χ1v) is 8.97. The molecule has 0 aromatic heterocycles. The molecule has 1 amide bonds. The molecule has 1 aliphatic heterocycles. The molecule has 0 saturated carbocycles. The van der Waals surface area contributed by atoms with Gasteiger partial charge in [-0.05, 0) is 54.8 Å². The van der Waals surface area contributed by atoms with Crippen LogP contribution in [-0.4, -0.2) is 21.4 Å². The number of carbonyl (C=O) groups excluding carboxylic acids is 1. The molecule has 3 rings (SSSR count). The topological polar surface area (TPSA) is 84.5 Å². The monoisotopic (exact) mass is 346 g/mol. The van der Waals surface area contributed by atoms with Crippen LogP contribution in [-0.2, 0) is 21.2 Å². The van der Waals surface area contributed by atoms with Crippen molar-refractivity contribution in [1.82, 2.24) is 0 Å². The van der Waals surface area contributed by atoms with Gasteiger partial charge in [0.1, 0.15) is 5.75 Å². The summed E-state index contributed by atoms with van der Waals surface area (Å²) in [5.74, 6) is 0.398. The van der Waals surface area contributed by atoms with Crippen LogP contribution in [0.5, 0.6) is 5.75 Å². The van der Waals surface area contributed by atoms with Gasteiger partial charge in [0.2, 0.25) is 5.91 Å². The van der Waals surface area contributed by atoms with Crippen LogP contribution < -0.4 is 14.8 Å². The van der Waals surface area contributed by atoms with Gasteiger partial charge in [-0.3, -0.25) is 9.52 Å². The summed E-state index contributed by atoms with van der Waals surface area (Å²) in [5.41, 5.74) is 2.79. The van der Waals surface area contributed by atoms with E-state index in [0.717, 1.165) is 11.1 Å². The molecule has 0 atom stereocenters. The highest BCUT2D eigenvalue weighted by molar-refractivity contribution is 7.92. The van der Waals surface area contributed by atoms with Crippen molar-refractivity contribution < 1.29 is 17.9 Å². The fourth-order valence-electron chi connectivity index (χ4n) is 2.63. The summed E-state index contributed by atoms with van der Waals surface area (Å²) < 4.78 is 33.1. The molecule has 2 N–H and O–H groups in total. The zero-order valence-electron chi connectivity index (χ0n) is 13.4. The Morgan fingerprint density at radius 1 is 1.12 bits per heavy atom. The molecule has 2 aromatic carbocycles. The maximum atomic E-state index is 12.7. The maximum absolute atomic E-state index is 12.7. The summed E-state index contributed by atoms with van der Waals surface area (Å²) in [4.78, 5) is 11.5. The molecule has 0 fully saturated rings. The second kappa shape index (κ2) is 6.16. The number of methoxy groups -OCH3 is 1. The van der Waals surface area contributed by atoms with Gasteiger partial charge < -0.3 is 10.1 Å². The number of amides is 1.